The van der Waals surface area contributed by atoms with E-state index in [0.29, 0.717) is 16.3 Å². The van der Waals surface area contributed by atoms with Gasteiger partial charge in [0, 0.05) is 0 Å². The van der Waals surface area contributed by atoms with Gasteiger partial charge >= 0.3 is 6.09 Å². The lowest BCUT2D eigenvalue weighted by molar-refractivity contribution is -0.140. The Labute approximate surface area is 223 Å². The van der Waals surface area contributed by atoms with Crippen molar-refractivity contribution in [2.75, 3.05) is 11.9 Å². The van der Waals surface area contributed by atoms with Crippen LogP contribution in [0.25, 0.3) is 0 Å². The van der Waals surface area contributed by atoms with E-state index in [2.05, 4.69) is 10.6 Å². The van der Waals surface area contributed by atoms with Crippen LogP contribution in [0.2, 0.25) is 5.02 Å². The minimum absolute atomic E-state index is 0.348. The van der Waals surface area contributed by atoms with Crippen LogP contribution in [0.4, 0.5) is 10.5 Å². The number of alkyl carbamates (subject to hydrolysis) is 1. The van der Waals surface area contributed by atoms with Gasteiger partial charge in [0.25, 0.3) is 5.91 Å². The first kappa shape index (κ1) is 29.7. The smallest absolute Gasteiger partial charge is 0.408 e. The van der Waals surface area contributed by atoms with Crippen LogP contribution in [0.15, 0.2) is 42.5 Å². The third-order valence-electron chi connectivity index (χ3n) is 5.55. The van der Waals surface area contributed by atoms with Crippen LogP contribution in [0, 0.1) is 31.1 Å². The molecule has 37 heavy (non-hydrogen) atoms. The fourth-order valence-corrected chi connectivity index (χ4v) is 3.97. The molecule has 0 aliphatic carbocycles. The molecule has 9 heteroatoms. The van der Waals surface area contributed by atoms with Crippen molar-refractivity contribution < 1.29 is 19.1 Å². The highest BCUT2D eigenvalue weighted by Gasteiger charge is 2.37. The summed E-state index contributed by atoms with van der Waals surface area (Å²) in [7, 11) is 0. The van der Waals surface area contributed by atoms with E-state index >= 15 is 0 Å². The molecule has 3 amide bonds. The third kappa shape index (κ3) is 8.22. The Morgan fingerprint density at radius 3 is 2.22 bits per heavy atom. The van der Waals surface area contributed by atoms with Gasteiger partial charge < -0.3 is 20.3 Å². The number of carbonyl (C=O) groups excluding carboxylic acids is 3. The number of anilines is 1. The molecule has 2 rings (SSSR count). The summed E-state index contributed by atoms with van der Waals surface area (Å²) in [5, 5.41) is 15.4. The SMILES string of the molecule is Cc1ccc(C(C(=O)Nc2c(C)cccc2Cl)N(CC#N)C(=O)C(NC(=O)OC(C)(C)C)C(C)C)cc1. The van der Waals surface area contributed by atoms with E-state index in [4.69, 9.17) is 16.3 Å². The van der Waals surface area contributed by atoms with Crippen molar-refractivity contribution >= 4 is 35.2 Å². The maximum Gasteiger partial charge on any atom is 0.408 e. The normalized spacial score (nSPS) is 12.8. The number of hydrogen-bond donors (Lipinski definition) is 2. The zero-order valence-corrected chi connectivity index (χ0v) is 23.1. The number of carbonyl (C=O) groups is 3. The highest BCUT2D eigenvalue weighted by atomic mass is 35.5. The molecule has 2 unspecified atom stereocenters. The number of rotatable bonds is 8. The Kier molecular flexibility index (Phi) is 10.1. The highest BCUT2D eigenvalue weighted by Crippen LogP contribution is 2.29. The summed E-state index contributed by atoms with van der Waals surface area (Å²) in [5.74, 6) is -1.48. The average molecular weight is 527 g/mol. The van der Waals surface area contributed by atoms with Gasteiger partial charge in [-0.2, -0.15) is 5.26 Å². The Hall–Kier alpha value is -3.57. The van der Waals surface area contributed by atoms with Crippen molar-refractivity contribution in [2.24, 2.45) is 5.92 Å². The third-order valence-corrected chi connectivity index (χ3v) is 5.87. The summed E-state index contributed by atoms with van der Waals surface area (Å²) in [5.41, 5.74) is 1.88. The summed E-state index contributed by atoms with van der Waals surface area (Å²) in [4.78, 5) is 41.3. The summed E-state index contributed by atoms with van der Waals surface area (Å²) in [6, 6.07) is 12.1. The van der Waals surface area contributed by atoms with Crippen LogP contribution < -0.4 is 10.6 Å². The lowest BCUT2D eigenvalue weighted by Gasteiger charge is -2.34. The minimum Gasteiger partial charge on any atom is -0.444 e. The van der Waals surface area contributed by atoms with Crippen LogP contribution in [0.5, 0.6) is 0 Å². The van der Waals surface area contributed by atoms with Gasteiger partial charge in [-0.15, -0.1) is 0 Å². The average Bonchev–Trinajstić information content (AvgIpc) is 2.79. The van der Waals surface area contributed by atoms with E-state index < -0.39 is 35.6 Å². The Balaban J connectivity index is 2.53. The summed E-state index contributed by atoms with van der Waals surface area (Å²) >= 11 is 6.34. The predicted octanol–water partition coefficient (Wildman–Crippen LogP) is 5.54. The summed E-state index contributed by atoms with van der Waals surface area (Å²) < 4.78 is 5.34. The van der Waals surface area contributed by atoms with E-state index in [-0.39, 0.29) is 12.5 Å². The molecule has 0 aromatic heterocycles. The topological polar surface area (TPSA) is 112 Å². The molecule has 2 aromatic rings. The summed E-state index contributed by atoms with van der Waals surface area (Å²) in [6.45, 7) is 12.0. The van der Waals surface area contributed by atoms with Crippen molar-refractivity contribution in [3.63, 3.8) is 0 Å². The van der Waals surface area contributed by atoms with E-state index in [1.54, 1.807) is 71.9 Å². The quantitative estimate of drug-likeness (QED) is 0.439. The second kappa shape index (κ2) is 12.6. The van der Waals surface area contributed by atoms with Gasteiger partial charge in [0.05, 0.1) is 16.8 Å². The van der Waals surface area contributed by atoms with Crippen molar-refractivity contribution in [3.8, 4) is 6.07 Å². The van der Waals surface area contributed by atoms with Crippen LogP contribution in [0.3, 0.4) is 0 Å². The van der Waals surface area contributed by atoms with Gasteiger partial charge in [-0.3, -0.25) is 9.59 Å². The maximum atomic E-state index is 13.8. The van der Waals surface area contributed by atoms with Gasteiger partial charge in [0.15, 0.2) is 0 Å². The molecule has 0 bridgehead atoms. The first-order chi connectivity index (χ1) is 17.2. The fraction of sp³-hybridized carbons (Fsp3) is 0.429. The minimum atomic E-state index is -1.16. The molecular weight excluding hydrogens is 492 g/mol. The fourth-order valence-electron chi connectivity index (χ4n) is 3.70. The van der Waals surface area contributed by atoms with Crippen molar-refractivity contribution in [1.29, 1.82) is 5.26 Å². The Morgan fingerprint density at radius 1 is 1.08 bits per heavy atom. The molecule has 2 atom stereocenters. The van der Waals surface area contributed by atoms with Crippen LogP contribution in [0.1, 0.15) is 57.4 Å². The molecule has 0 aliphatic heterocycles. The predicted molar refractivity (Wildman–Crippen MR) is 144 cm³/mol. The van der Waals surface area contributed by atoms with Gasteiger partial charge in [0.1, 0.15) is 24.2 Å². The number of nitriles is 1. The molecule has 0 saturated heterocycles. The Bertz CT molecular complexity index is 1150. The molecule has 0 fully saturated rings. The van der Waals surface area contributed by atoms with Crippen molar-refractivity contribution in [1.82, 2.24) is 10.2 Å². The molecule has 2 N–H and O–H groups in total. The van der Waals surface area contributed by atoms with Gasteiger partial charge in [-0.1, -0.05) is 67.4 Å². The molecule has 0 radical (unpaired) electrons. The number of halogens is 1. The zero-order valence-electron chi connectivity index (χ0n) is 22.4. The van der Waals surface area contributed by atoms with Crippen molar-refractivity contribution in [2.45, 2.75) is 66.2 Å². The highest BCUT2D eigenvalue weighted by molar-refractivity contribution is 6.34. The first-order valence-corrected chi connectivity index (χ1v) is 12.4. The van der Waals surface area contributed by atoms with Gasteiger partial charge in [-0.25, -0.2) is 4.79 Å². The van der Waals surface area contributed by atoms with E-state index in [9.17, 15) is 19.6 Å². The number of para-hydroxylation sites is 1. The van der Waals surface area contributed by atoms with Gasteiger partial charge in [0.2, 0.25) is 5.91 Å². The second-order valence-corrected chi connectivity index (χ2v) is 10.6. The molecule has 0 aliphatic rings. The van der Waals surface area contributed by atoms with E-state index in [0.717, 1.165) is 11.1 Å². The molecule has 8 nitrogen and oxygen atoms in total. The maximum absolute atomic E-state index is 13.8. The van der Waals surface area contributed by atoms with Crippen LogP contribution >= 0.6 is 11.6 Å². The molecule has 2 aromatic carbocycles. The molecule has 0 heterocycles. The lowest BCUT2D eigenvalue weighted by atomic mass is 9.98. The number of aryl methyl sites for hydroxylation is 2. The number of hydrogen-bond acceptors (Lipinski definition) is 5. The number of nitrogens with one attached hydrogen (secondary N) is 2. The first-order valence-electron chi connectivity index (χ1n) is 12.0. The molecule has 0 saturated carbocycles. The van der Waals surface area contributed by atoms with E-state index in [1.165, 1.54) is 4.90 Å². The molecular formula is C28H35ClN4O4. The standard InChI is InChI=1S/C28H35ClN4O4/c1-17(2)22(32-27(36)37-28(5,6)7)26(35)33(16-15-30)24(20-13-11-18(3)12-14-20)25(34)31-23-19(4)9-8-10-21(23)29/h8-14,17,22,24H,16H2,1-7H3,(H,31,34)(H,32,36). The van der Waals surface area contributed by atoms with Crippen LogP contribution in [-0.2, 0) is 14.3 Å². The number of benzene rings is 2. The van der Waals surface area contributed by atoms with Gasteiger partial charge in [-0.05, 0) is 57.7 Å². The monoisotopic (exact) mass is 526 g/mol. The lowest BCUT2D eigenvalue weighted by Crippen LogP contribution is -2.54. The molecule has 198 valence electrons. The zero-order chi connectivity index (χ0) is 27.9. The van der Waals surface area contributed by atoms with Crippen LogP contribution in [-0.4, -0.2) is 41.0 Å². The van der Waals surface area contributed by atoms with E-state index in [1.807, 2.05) is 25.1 Å². The second-order valence-electron chi connectivity index (χ2n) is 10.2. The number of ether oxygens (including phenoxy) is 1. The largest absolute Gasteiger partial charge is 0.444 e. The number of amides is 3. The number of nitrogens with zero attached hydrogens (tertiary/aromatic N) is 2. The van der Waals surface area contributed by atoms with Crippen molar-refractivity contribution in [3.05, 3.63) is 64.2 Å². The molecule has 0 spiro atoms. The Morgan fingerprint density at radius 2 is 1.70 bits per heavy atom. The summed E-state index contributed by atoms with van der Waals surface area (Å²) in [6.07, 6.45) is -0.764.